The number of hydrogen-bond donors (Lipinski definition) is 1. The topological polar surface area (TPSA) is 49.8 Å². The van der Waals surface area contributed by atoms with Crippen LogP contribution in [0.2, 0.25) is 0 Å². The lowest BCUT2D eigenvalue weighted by molar-refractivity contribution is 0.0900. The number of carbonyl (C=O) groups excluding carboxylic acids is 1. The van der Waals surface area contributed by atoms with Gasteiger partial charge in [0.1, 0.15) is 0 Å². The van der Waals surface area contributed by atoms with Gasteiger partial charge in [-0.25, -0.2) is 4.79 Å². The monoisotopic (exact) mass is 249 g/mol. The van der Waals surface area contributed by atoms with Crippen LogP contribution in [0.4, 0.5) is 10.5 Å². The second kappa shape index (κ2) is 5.40. The van der Waals surface area contributed by atoms with E-state index in [1.165, 1.54) is 5.56 Å². The summed E-state index contributed by atoms with van der Waals surface area (Å²) in [5.41, 5.74) is 2.06. The van der Waals surface area contributed by atoms with Crippen LogP contribution < -0.4 is 4.90 Å². The second-order valence-corrected chi connectivity index (χ2v) is 4.98. The molecule has 1 unspecified atom stereocenters. The van der Waals surface area contributed by atoms with Gasteiger partial charge in [0.25, 0.3) is 0 Å². The average molecular weight is 249 g/mol. The number of benzene rings is 1. The van der Waals surface area contributed by atoms with E-state index in [9.17, 15) is 4.79 Å². The highest BCUT2D eigenvalue weighted by Crippen LogP contribution is 2.23. The maximum atomic E-state index is 11.7. The van der Waals surface area contributed by atoms with Crippen LogP contribution in [-0.2, 0) is 4.74 Å². The second-order valence-electron chi connectivity index (χ2n) is 4.98. The first-order chi connectivity index (χ1) is 8.61. The van der Waals surface area contributed by atoms with Crippen LogP contribution in [0.3, 0.4) is 0 Å². The Balaban J connectivity index is 2.16. The van der Waals surface area contributed by atoms with Crippen LogP contribution in [0, 0.1) is 5.92 Å². The lowest BCUT2D eigenvalue weighted by Crippen LogP contribution is -2.44. The highest BCUT2D eigenvalue weighted by molar-refractivity contribution is 5.88. The van der Waals surface area contributed by atoms with E-state index in [1.807, 2.05) is 24.3 Å². The Kier molecular flexibility index (Phi) is 3.87. The summed E-state index contributed by atoms with van der Waals surface area (Å²) in [5, 5.41) is 9.14. The Labute approximate surface area is 107 Å². The molecule has 1 heterocycles. The van der Waals surface area contributed by atoms with Crippen molar-refractivity contribution in [2.24, 2.45) is 5.92 Å². The van der Waals surface area contributed by atoms with Crippen LogP contribution in [0.25, 0.3) is 0 Å². The molecule has 4 nitrogen and oxygen atoms in total. The van der Waals surface area contributed by atoms with E-state index in [2.05, 4.69) is 13.8 Å². The smallest absolute Gasteiger partial charge is 0.414 e. The van der Waals surface area contributed by atoms with Crippen molar-refractivity contribution in [3.8, 4) is 0 Å². The van der Waals surface area contributed by atoms with Crippen molar-refractivity contribution in [3.63, 3.8) is 0 Å². The van der Waals surface area contributed by atoms with Gasteiger partial charge in [0.15, 0.2) is 0 Å². The highest BCUT2D eigenvalue weighted by atomic mass is 16.6. The molecule has 1 aromatic carbocycles. The van der Waals surface area contributed by atoms with Crippen LogP contribution in [0.5, 0.6) is 0 Å². The molecule has 0 aromatic heterocycles. The summed E-state index contributed by atoms with van der Waals surface area (Å²) in [7, 11) is 0. The number of aliphatic hydroxyl groups excluding tert-OH is 1. The molecule has 1 fully saturated rings. The third kappa shape index (κ3) is 2.64. The fraction of sp³-hybridized carbons (Fsp3) is 0.500. The van der Waals surface area contributed by atoms with Gasteiger partial charge in [0.05, 0.1) is 13.2 Å². The van der Waals surface area contributed by atoms with E-state index in [4.69, 9.17) is 9.84 Å². The molecule has 1 N–H and O–H groups in total. The molecule has 1 amide bonds. The van der Waals surface area contributed by atoms with Crippen LogP contribution in [0.1, 0.15) is 25.3 Å². The Morgan fingerprint density at radius 3 is 2.61 bits per heavy atom. The quantitative estimate of drug-likeness (QED) is 0.894. The third-order valence-electron chi connectivity index (χ3n) is 3.23. The average Bonchev–Trinajstić information content (AvgIpc) is 2.39. The van der Waals surface area contributed by atoms with Gasteiger partial charge in [-0.2, -0.15) is 0 Å². The SMILES string of the molecule is CC(C)c1ccc(N2CC(CO)COC2=O)cc1. The number of ether oxygens (including phenoxy) is 1. The molecule has 0 radical (unpaired) electrons. The zero-order chi connectivity index (χ0) is 13.1. The van der Waals surface area contributed by atoms with E-state index < -0.39 is 0 Å². The lowest BCUT2D eigenvalue weighted by Gasteiger charge is -2.31. The van der Waals surface area contributed by atoms with Crippen LogP contribution >= 0.6 is 0 Å². The molecule has 18 heavy (non-hydrogen) atoms. The summed E-state index contributed by atoms with van der Waals surface area (Å²) < 4.78 is 5.05. The summed E-state index contributed by atoms with van der Waals surface area (Å²) >= 11 is 0. The van der Waals surface area contributed by atoms with E-state index in [0.29, 0.717) is 19.1 Å². The van der Waals surface area contributed by atoms with Gasteiger partial charge in [-0.1, -0.05) is 26.0 Å². The number of hydrogen-bond acceptors (Lipinski definition) is 3. The van der Waals surface area contributed by atoms with Gasteiger partial charge >= 0.3 is 6.09 Å². The Morgan fingerprint density at radius 1 is 1.39 bits per heavy atom. The van der Waals surface area contributed by atoms with Crippen molar-refractivity contribution in [3.05, 3.63) is 29.8 Å². The molecule has 0 bridgehead atoms. The molecule has 0 saturated carbocycles. The molecule has 0 aliphatic carbocycles. The zero-order valence-electron chi connectivity index (χ0n) is 10.8. The molecule has 1 saturated heterocycles. The summed E-state index contributed by atoms with van der Waals surface area (Å²) in [6.45, 7) is 5.11. The maximum Gasteiger partial charge on any atom is 0.414 e. The van der Waals surface area contributed by atoms with Crippen molar-refractivity contribution in [2.45, 2.75) is 19.8 Å². The minimum absolute atomic E-state index is 0.00697. The number of cyclic esters (lactones) is 1. The summed E-state index contributed by atoms with van der Waals surface area (Å²) in [4.78, 5) is 13.3. The molecule has 98 valence electrons. The molecule has 4 heteroatoms. The number of rotatable bonds is 3. The predicted molar refractivity (Wildman–Crippen MR) is 69.8 cm³/mol. The molecule has 1 aliphatic rings. The van der Waals surface area contributed by atoms with E-state index in [-0.39, 0.29) is 18.6 Å². The summed E-state index contributed by atoms with van der Waals surface area (Å²) in [5.74, 6) is 0.463. The van der Waals surface area contributed by atoms with E-state index in [0.717, 1.165) is 5.69 Å². The molecule has 1 aromatic rings. The van der Waals surface area contributed by atoms with Crippen molar-refractivity contribution in [1.29, 1.82) is 0 Å². The summed E-state index contributed by atoms with van der Waals surface area (Å²) in [6.07, 6.45) is -0.336. The predicted octanol–water partition coefficient (Wildman–Crippen LogP) is 2.38. The van der Waals surface area contributed by atoms with Crippen molar-refractivity contribution >= 4 is 11.8 Å². The van der Waals surface area contributed by atoms with Gasteiger partial charge in [-0.15, -0.1) is 0 Å². The van der Waals surface area contributed by atoms with Crippen LogP contribution in [0.15, 0.2) is 24.3 Å². The fourth-order valence-electron chi connectivity index (χ4n) is 2.01. The lowest BCUT2D eigenvalue weighted by atomic mass is 10.0. The first-order valence-electron chi connectivity index (χ1n) is 6.27. The first-order valence-corrected chi connectivity index (χ1v) is 6.27. The summed E-state index contributed by atoms with van der Waals surface area (Å²) in [6, 6.07) is 7.90. The van der Waals surface area contributed by atoms with Gasteiger partial charge in [-0.05, 0) is 23.6 Å². The molecular weight excluding hydrogens is 230 g/mol. The maximum absolute atomic E-state index is 11.7. The number of anilines is 1. The highest BCUT2D eigenvalue weighted by Gasteiger charge is 2.27. The number of amides is 1. The number of nitrogens with zero attached hydrogens (tertiary/aromatic N) is 1. The third-order valence-corrected chi connectivity index (χ3v) is 3.23. The van der Waals surface area contributed by atoms with Gasteiger partial charge in [-0.3, -0.25) is 4.90 Å². The van der Waals surface area contributed by atoms with Crippen molar-refractivity contribution < 1.29 is 14.6 Å². The Hall–Kier alpha value is -1.55. The van der Waals surface area contributed by atoms with E-state index >= 15 is 0 Å². The fourth-order valence-corrected chi connectivity index (χ4v) is 2.01. The standard InChI is InChI=1S/C14H19NO3/c1-10(2)12-3-5-13(6-4-12)15-7-11(8-16)9-18-14(15)17/h3-6,10-11,16H,7-9H2,1-2H3. The van der Waals surface area contributed by atoms with Crippen molar-refractivity contribution in [1.82, 2.24) is 0 Å². The largest absolute Gasteiger partial charge is 0.449 e. The van der Waals surface area contributed by atoms with Crippen LogP contribution in [-0.4, -0.2) is 31.0 Å². The van der Waals surface area contributed by atoms with E-state index in [1.54, 1.807) is 4.90 Å². The number of aliphatic hydroxyl groups is 1. The minimum Gasteiger partial charge on any atom is -0.449 e. The molecule has 2 rings (SSSR count). The van der Waals surface area contributed by atoms with Crippen molar-refractivity contribution in [2.75, 3.05) is 24.7 Å². The molecular formula is C14H19NO3. The van der Waals surface area contributed by atoms with Gasteiger partial charge in [0, 0.05) is 18.2 Å². The minimum atomic E-state index is -0.336. The van der Waals surface area contributed by atoms with Gasteiger partial charge in [0.2, 0.25) is 0 Å². The molecule has 1 aliphatic heterocycles. The van der Waals surface area contributed by atoms with Gasteiger partial charge < -0.3 is 9.84 Å². The Morgan fingerprint density at radius 2 is 2.06 bits per heavy atom. The zero-order valence-corrected chi connectivity index (χ0v) is 10.8. The number of carbonyl (C=O) groups is 1. The molecule has 0 spiro atoms. The molecule has 1 atom stereocenters. The normalized spacial score (nSPS) is 20.1. The Bertz CT molecular complexity index is 414. The first kappa shape index (κ1) is 12.9.